The summed E-state index contributed by atoms with van der Waals surface area (Å²) in [6.45, 7) is 6.22. The van der Waals surface area contributed by atoms with Gasteiger partial charge in [-0.3, -0.25) is 9.59 Å². The number of nitrogens with zero attached hydrogens (tertiary/aromatic N) is 1. The van der Waals surface area contributed by atoms with Crippen LogP contribution >= 0.6 is 11.8 Å². The molecule has 3 aromatic rings. The Labute approximate surface area is 209 Å². The number of hydrogen-bond acceptors (Lipinski definition) is 6. The number of anilines is 2. The van der Waals surface area contributed by atoms with E-state index in [1.807, 2.05) is 69.3 Å². The molecular formula is C28H26N2O4S. The molecule has 7 heteroatoms. The minimum Gasteiger partial charge on any atom is -0.462 e. The molecule has 4 rings (SSSR count). The fourth-order valence-corrected chi connectivity index (χ4v) is 4.55. The van der Waals surface area contributed by atoms with Crippen molar-refractivity contribution in [2.45, 2.75) is 32.1 Å². The van der Waals surface area contributed by atoms with Gasteiger partial charge in [-0.2, -0.15) is 0 Å². The van der Waals surface area contributed by atoms with E-state index in [4.69, 9.17) is 4.74 Å². The Kier molecular flexibility index (Phi) is 7.36. The maximum absolute atomic E-state index is 13.6. The molecule has 1 aliphatic heterocycles. The third kappa shape index (κ3) is 5.15. The largest absolute Gasteiger partial charge is 0.462 e. The lowest BCUT2D eigenvalue weighted by molar-refractivity contribution is -0.120. The van der Waals surface area contributed by atoms with Crippen molar-refractivity contribution in [2.75, 3.05) is 16.8 Å². The van der Waals surface area contributed by atoms with Crippen LogP contribution in [0.15, 0.2) is 88.3 Å². The molecule has 1 aliphatic rings. The van der Waals surface area contributed by atoms with Crippen LogP contribution in [0.1, 0.15) is 34.8 Å². The van der Waals surface area contributed by atoms with Gasteiger partial charge in [-0.05, 0) is 73.9 Å². The van der Waals surface area contributed by atoms with Gasteiger partial charge >= 0.3 is 5.97 Å². The fraction of sp³-hybridized carbons (Fsp3) is 0.179. The highest BCUT2D eigenvalue weighted by Gasteiger charge is 2.40. The highest BCUT2D eigenvalue weighted by Crippen LogP contribution is 2.38. The van der Waals surface area contributed by atoms with Crippen LogP contribution in [0.25, 0.3) is 0 Å². The predicted octanol–water partition coefficient (Wildman–Crippen LogP) is 5.86. The molecule has 0 saturated carbocycles. The van der Waals surface area contributed by atoms with E-state index in [1.165, 1.54) is 11.8 Å². The van der Waals surface area contributed by atoms with E-state index >= 15 is 0 Å². The summed E-state index contributed by atoms with van der Waals surface area (Å²) in [6, 6.07) is 21.5. The molecule has 2 amide bonds. The Hall–Kier alpha value is -3.84. The number of benzene rings is 3. The van der Waals surface area contributed by atoms with Gasteiger partial charge in [-0.15, -0.1) is 0 Å². The molecule has 0 bridgehead atoms. The number of nitrogens with one attached hydrogen (secondary N) is 1. The lowest BCUT2D eigenvalue weighted by atomic mass is 10.1. The van der Waals surface area contributed by atoms with Gasteiger partial charge in [0.2, 0.25) is 0 Å². The first-order valence-corrected chi connectivity index (χ1v) is 12.2. The van der Waals surface area contributed by atoms with Gasteiger partial charge in [0, 0.05) is 10.6 Å². The third-order valence-corrected chi connectivity index (χ3v) is 6.76. The molecule has 0 fully saturated rings. The number of thioether (sulfide) groups is 1. The Morgan fingerprint density at radius 2 is 1.63 bits per heavy atom. The van der Waals surface area contributed by atoms with Crippen molar-refractivity contribution in [1.82, 2.24) is 0 Å². The summed E-state index contributed by atoms with van der Waals surface area (Å²) >= 11 is 1.25. The maximum atomic E-state index is 13.6. The van der Waals surface area contributed by atoms with Crippen LogP contribution in [0.4, 0.5) is 11.4 Å². The first-order chi connectivity index (χ1) is 16.9. The number of esters is 1. The fourth-order valence-electron chi connectivity index (χ4n) is 3.60. The van der Waals surface area contributed by atoms with Crippen LogP contribution in [0.5, 0.6) is 0 Å². The third-order valence-electron chi connectivity index (χ3n) is 5.67. The van der Waals surface area contributed by atoms with Crippen LogP contribution in [0.2, 0.25) is 0 Å². The second-order valence-corrected chi connectivity index (χ2v) is 9.20. The SMILES string of the molecule is CCCOC(=O)c1ccc(N2C(=O)C(Nc3cccc(C)c3C)=C(Sc3ccccc3)C2=O)cc1. The number of amides is 2. The van der Waals surface area contributed by atoms with E-state index in [-0.39, 0.29) is 5.70 Å². The van der Waals surface area contributed by atoms with Gasteiger partial charge in [0.15, 0.2) is 0 Å². The van der Waals surface area contributed by atoms with E-state index in [2.05, 4.69) is 5.32 Å². The molecular weight excluding hydrogens is 460 g/mol. The molecule has 1 heterocycles. The van der Waals surface area contributed by atoms with Crippen LogP contribution < -0.4 is 10.2 Å². The molecule has 178 valence electrons. The quantitative estimate of drug-likeness (QED) is 0.318. The summed E-state index contributed by atoms with van der Waals surface area (Å²) in [5.41, 5.74) is 3.81. The zero-order valence-corrected chi connectivity index (χ0v) is 20.6. The van der Waals surface area contributed by atoms with Crippen molar-refractivity contribution in [1.29, 1.82) is 0 Å². The predicted molar refractivity (Wildman–Crippen MR) is 138 cm³/mol. The van der Waals surface area contributed by atoms with Crippen LogP contribution in [0.3, 0.4) is 0 Å². The van der Waals surface area contributed by atoms with Crippen molar-refractivity contribution in [3.05, 3.63) is 100 Å². The van der Waals surface area contributed by atoms with Crippen LogP contribution in [-0.2, 0) is 14.3 Å². The lowest BCUT2D eigenvalue weighted by Gasteiger charge is -2.16. The second kappa shape index (κ2) is 10.6. The zero-order chi connectivity index (χ0) is 24.9. The standard InChI is InChI=1S/C28H26N2O4S/c1-4-17-34-28(33)20-13-15-21(16-14-20)30-26(31)24(29-23-12-8-9-18(2)19(23)3)25(27(30)32)35-22-10-6-5-7-11-22/h5-16,29H,4,17H2,1-3H3. The molecule has 0 spiro atoms. The Morgan fingerprint density at radius 1 is 0.914 bits per heavy atom. The van der Waals surface area contributed by atoms with Crippen LogP contribution in [0, 0.1) is 13.8 Å². The maximum Gasteiger partial charge on any atom is 0.338 e. The number of hydrogen-bond donors (Lipinski definition) is 1. The normalized spacial score (nSPS) is 13.4. The van der Waals surface area contributed by atoms with E-state index in [1.54, 1.807) is 24.3 Å². The average molecular weight is 487 g/mol. The number of carbonyl (C=O) groups excluding carboxylic acids is 3. The van der Waals surface area contributed by atoms with Gasteiger partial charge in [-0.25, -0.2) is 9.69 Å². The summed E-state index contributed by atoms with van der Waals surface area (Å²) < 4.78 is 5.16. The van der Waals surface area contributed by atoms with Gasteiger partial charge in [0.1, 0.15) is 10.6 Å². The summed E-state index contributed by atoms with van der Waals surface area (Å²) in [5.74, 6) is -1.30. The van der Waals surface area contributed by atoms with Crippen LogP contribution in [-0.4, -0.2) is 24.4 Å². The molecule has 1 N–H and O–H groups in total. The summed E-state index contributed by atoms with van der Waals surface area (Å²) in [7, 11) is 0. The highest BCUT2D eigenvalue weighted by atomic mass is 32.2. The Morgan fingerprint density at radius 3 is 2.31 bits per heavy atom. The molecule has 3 aromatic carbocycles. The second-order valence-electron chi connectivity index (χ2n) is 8.12. The topological polar surface area (TPSA) is 75.7 Å². The number of imide groups is 1. The van der Waals surface area contributed by atoms with Gasteiger partial charge in [0.05, 0.1) is 17.9 Å². The summed E-state index contributed by atoms with van der Waals surface area (Å²) in [4.78, 5) is 41.5. The number of carbonyl (C=O) groups is 3. The molecule has 0 saturated heterocycles. The van der Waals surface area contributed by atoms with E-state index in [9.17, 15) is 14.4 Å². The lowest BCUT2D eigenvalue weighted by Crippen LogP contribution is -2.32. The van der Waals surface area contributed by atoms with Crippen molar-refractivity contribution in [3.8, 4) is 0 Å². The van der Waals surface area contributed by atoms with Gasteiger partial charge < -0.3 is 10.1 Å². The molecule has 0 aliphatic carbocycles. The van der Waals surface area contributed by atoms with Gasteiger partial charge in [0.25, 0.3) is 11.8 Å². The number of aryl methyl sites for hydroxylation is 1. The highest BCUT2D eigenvalue weighted by molar-refractivity contribution is 8.04. The Balaban J connectivity index is 1.68. The monoisotopic (exact) mass is 486 g/mol. The molecule has 0 radical (unpaired) electrons. The first-order valence-electron chi connectivity index (χ1n) is 11.4. The minimum atomic E-state index is -0.448. The number of ether oxygens (including phenoxy) is 1. The summed E-state index contributed by atoms with van der Waals surface area (Å²) in [6.07, 6.45) is 0.727. The Bertz CT molecular complexity index is 1300. The zero-order valence-electron chi connectivity index (χ0n) is 19.8. The van der Waals surface area contributed by atoms with Crippen molar-refractivity contribution >= 4 is 40.9 Å². The van der Waals surface area contributed by atoms with Crippen molar-refractivity contribution < 1.29 is 19.1 Å². The molecule has 0 unspecified atom stereocenters. The number of rotatable bonds is 8. The smallest absolute Gasteiger partial charge is 0.338 e. The summed E-state index contributed by atoms with van der Waals surface area (Å²) in [5, 5.41) is 3.23. The average Bonchev–Trinajstić information content (AvgIpc) is 3.10. The minimum absolute atomic E-state index is 0.226. The first kappa shape index (κ1) is 24.3. The van der Waals surface area contributed by atoms with E-state index < -0.39 is 17.8 Å². The van der Waals surface area contributed by atoms with E-state index in [0.717, 1.165) is 33.0 Å². The van der Waals surface area contributed by atoms with Crippen molar-refractivity contribution in [3.63, 3.8) is 0 Å². The molecule has 6 nitrogen and oxygen atoms in total. The molecule has 0 aromatic heterocycles. The molecule has 0 atom stereocenters. The van der Waals surface area contributed by atoms with Gasteiger partial charge in [-0.1, -0.05) is 49.0 Å². The molecule has 35 heavy (non-hydrogen) atoms. The van der Waals surface area contributed by atoms with Crippen molar-refractivity contribution in [2.24, 2.45) is 0 Å². The van der Waals surface area contributed by atoms with E-state index in [0.29, 0.717) is 22.8 Å².